The van der Waals surface area contributed by atoms with Crippen LogP contribution in [0.1, 0.15) is 19.4 Å². The summed E-state index contributed by atoms with van der Waals surface area (Å²) in [6.45, 7) is 4.68. The standard InChI is InChI=1S/C16H20N2O3/c1-12(2)11-18-16(19)7-5-13-4-6-14(21-9-8-17)15(10-13)20-3/h4-7,10,12H,9,11H2,1-3H3,(H,18,19)/b7-5+. The van der Waals surface area contributed by atoms with Crippen molar-refractivity contribution in [1.29, 1.82) is 5.26 Å². The minimum absolute atomic E-state index is 0.0385. The van der Waals surface area contributed by atoms with Gasteiger partial charge < -0.3 is 14.8 Å². The van der Waals surface area contributed by atoms with Gasteiger partial charge in [-0.15, -0.1) is 0 Å². The number of amides is 1. The number of carbonyl (C=O) groups excluding carboxylic acids is 1. The zero-order valence-electron chi connectivity index (χ0n) is 12.6. The Morgan fingerprint density at radius 1 is 1.43 bits per heavy atom. The average Bonchev–Trinajstić information content (AvgIpc) is 2.49. The quantitative estimate of drug-likeness (QED) is 0.782. The minimum atomic E-state index is -0.132. The minimum Gasteiger partial charge on any atom is -0.493 e. The molecule has 112 valence electrons. The number of nitriles is 1. The van der Waals surface area contributed by atoms with E-state index in [4.69, 9.17) is 14.7 Å². The lowest BCUT2D eigenvalue weighted by Gasteiger charge is -2.09. The highest BCUT2D eigenvalue weighted by atomic mass is 16.5. The Balaban J connectivity index is 2.71. The normalized spacial score (nSPS) is 10.4. The second-order valence-corrected chi connectivity index (χ2v) is 4.83. The van der Waals surface area contributed by atoms with Crippen molar-refractivity contribution in [2.75, 3.05) is 20.3 Å². The number of benzene rings is 1. The van der Waals surface area contributed by atoms with Gasteiger partial charge in [-0.1, -0.05) is 19.9 Å². The largest absolute Gasteiger partial charge is 0.493 e. The predicted octanol–water partition coefficient (Wildman–Crippen LogP) is 2.38. The SMILES string of the molecule is COc1cc(/C=C/C(=O)NCC(C)C)ccc1OCC#N. The Labute approximate surface area is 125 Å². The number of carbonyl (C=O) groups is 1. The van der Waals surface area contributed by atoms with E-state index in [-0.39, 0.29) is 12.5 Å². The van der Waals surface area contributed by atoms with E-state index >= 15 is 0 Å². The summed E-state index contributed by atoms with van der Waals surface area (Å²) in [4.78, 5) is 11.6. The highest BCUT2D eigenvalue weighted by molar-refractivity contribution is 5.91. The molecular formula is C16H20N2O3. The fourth-order valence-corrected chi connectivity index (χ4v) is 1.55. The van der Waals surface area contributed by atoms with Crippen molar-refractivity contribution in [2.24, 2.45) is 5.92 Å². The molecule has 0 saturated carbocycles. The van der Waals surface area contributed by atoms with Crippen molar-refractivity contribution in [3.8, 4) is 17.6 Å². The van der Waals surface area contributed by atoms with Gasteiger partial charge in [0.05, 0.1) is 7.11 Å². The van der Waals surface area contributed by atoms with Gasteiger partial charge in [0.15, 0.2) is 18.1 Å². The van der Waals surface area contributed by atoms with Crippen LogP contribution in [0.15, 0.2) is 24.3 Å². The van der Waals surface area contributed by atoms with Crippen LogP contribution in [0.3, 0.4) is 0 Å². The second kappa shape index (κ2) is 8.64. The van der Waals surface area contributed by atoms with Gasteiger partial charge in [-0.3, -0.25) is 4.79 Å². The van der Waals surface area contributed by atoms with Crippen LogP contribution in [0.5, 0.6) is 11.5 Å². The molecular weight excluding hydrogens is 268 g/mol. The molecule has 1 N–H and O–H groups in total. The maximum absolute atomic E-state index is 11.6. The van der Waals surface area contributed by atoms with E-state index in [9.17, 15) is 4.79 Å². The zero-order chi connectivity index (χ0) is 15.7. The molecule has 0 saturated heterocycles. The van der Waals surface area contributed by atoms with Gasteiger partial charge in [-0.2, -0.15) is 5.26 Å². The van der Waals surface area contributed by atoms with Gasteiger partial charge in [-0.05, 0) is 29.7 Å². The summed E-state index contributed by atoms with van der Waals surface area (Å²) in [5.41, 5.74) is 0.816. The lowest BCUT2D eigenvalue weighted by atomic mass is 10.2. The molecule has 0 aliphatic heterocycles. The van der Waals surface area contributed by atoms with Crippen LogP contribution in [0.2, 0.25) is 0 Å². The molecule has 0 fully saturated rings. The van der Waals surface area contributed by atoms with Crippen molar-refractivity contribution in [3.05, 3.63) is 29.8 Å². The summed E-state index contributed by atoms with van der Waals surface area (Å²) < 4.78 is 10.4. The van der Waals surface area contributed by atoms with Crippen LogP contribution in [0, 0.1) is 17.2 Å². The summed E-state index contributed by atoms with van der Waals surface area (Å²) >= 11 is 0. The second-order valence-electron chi connectivity index (χ2n) is 4.83. The van der Waals surface area contributed by atoms with Crippen LogP contribution in [-0.2, 0) is 4.79 Å². The number of methoxy groups -OCH3 is 1. The Hall–Kier alpha value is -2.48. The maximum Gasteiger partial charge on any atom is 0.244 e. The van der Waals surface area contributed by atoms with E-state index in [0.717, 1.165) is 5.56 Å². The van der Waals surface area contributed by atoms with E-state index < -0.39 is 0 Å². The van der Waals surface area contributed by atoms with Crippen molar-refractivity contribution >= 4 is 12.0 Å². The third kappa shape index (κ3) is 6.00. The average molecular weight is 288 g/mol. The highest BCUT2D eigenvalue weighted by Crippen LogP contribution is 2.28. The fraction of sp³-hybridized carbons (Fsp3) is 0.375. The molecule has 1 amide bonds. The van der Waals surface area contributed by atoms with Crippen LogP contribution >= 0.6 is 0 Å². The van der Waals surface area contributed by atoms with Gasteiger partial charge in [-0.25, -0.2) is 0 Å². The predicted molar refractivity (Wildman–Crippen MR) is 81.0 cm³/mol. The van der Waals surface area contributed by atoms with Crippen LogP contribution in [0.25, 0.3) is 6.08 Å². The van der Waals surface area contributed by atoms with E-state index in [0.29, 0.717) is 24.0 Å². The molecule has 5 nitrogen and oxygen atoms in total. The third-order valence-electron chi connectivity index (χ3n) is 2.59. The summed E-state index contributed by atoms with van der Waals surface area (Å²) in [5.74, 6) is 1.31. The first-order valence-electron chi connectivity index (χ1n) is 6.70. The number of hydrogen-bond acceptors (Lipinski definition) is 4. The molecule has 0 radical (unpaired) electrons. The van der Waals surface area contributed by atoms with Gasteiger partial charge in [0.2, 0.25) is 5.91 Å². The Kier molecular flexibility index (Phi) is 6.82. The number of rotatable bonds is 7. The molecule has 5 heteroatoms. The van der Waals surface area contributed by atoms with Gasteiger partial charge in [0, 0.05) is 12.6 Å². The van der Waals surface area contributed by atoms with Crippen molar-refractivity contribution in [2.45, 2.75) is 13.8 Å². The fourth-order valence-electron chi connectivity index (χ4n) is 1.55. The van der Waals surface area contributed by atoms with Crippen LogP contribution in [0.4, 0.5) is 0 Å². The summed E-state index contributed by atoms with van der Waals surface area (Å²) in [6.07, 6.45) is 3.18. The zero-order valence-corrected chi connectivity index (χ0v) is 12.6. The molecule has 1 rings (SSSR count). The van der Waals surface area contributed by atoms with Gasteiger partial charge >= 0.3 is 0 Å². The topological polar surface area (TPSA) is 71.3 Å². The first-order valence-corrected chi connectivity index (χ1v) is 6.70. The highest BCUT2D eigenvalue weighted by Gasteiger charge is 2.05. The molecule has 0 heterocycles. The summed E-state index contributed by atoms with van der Waals surface area (Å²) in [7, 11) is 1.53. The number of ether oxygens (including phenoxy) is 2. The first-order chi connectivity index (χ1) is 10.1. The molecule has 0 aromatic heterocycles. The smallest absolute Gasteiger partial charge is 0.244 e. The lowest BCUT2D eigenvalue weighted by molar-refractivity contribution is -0.116. The summed E-state index contributed by atoms with van der Waals surface area (Å²) in [6, 6.07) is 7.15. The number of nitrogens with zero attached hydrogens (tertiary/aromatic N) is 1. The first kappa shape index (κ1) is 16.6. The van der Waals surface area contributed by atoms with Gasteiger partial charge in [0.1, 0.15) is 6.07 Å². The van der Waals surface area contributed by atoms with E-state index in [1.165, 1.54) is 13.2 Å². The molecule has 1 aromatic rings. The molecule has 1 aromatic carbocycles. The molecule has 0 atom stereocenters. The Bertz CT molecular complexity index is 545. The molecule has 0 aliphatic carbocycles. The molecule has 0 bridgehead atoms. The van der Waals surface area contributed by atoms with Crippen molar-refractivity contribution < 1.29 is 14.3 Å². The molecule has 0 unspecified atom stereocenters. The van der Waals surface area contributed by atoms with Crippen LogP contribution < -0.4 is 14.8 Å². The number of nitrogens with one attached hydrogen (secondary N) is 1. The Morgan fingerprint density at radius 2 is 2.19 bits per heavy atom. The van der Waals surface area contributed by atoms with E-state index in [1.54, 1.807) is 24.3 Å². The van der Waals surface area contributed by atoms with Gasteiger partial charge in [0.25, 0.3) is 0 Å². The Morgan fingerprint density at radius 3 is 2.81 bits per heavy atom. The van der Waals surface area contributed by atoms with E-state index in [1.807, 2.05) is 19.9 Å². The molecule has 0 aliphatic rings. The van der Waals surface area contributed by atoms with E-state index in [2.05, 4.69) is 5.32 Å². The summed E-state index contributed by atoms with van der Waals surface area (Å²) in [5, 5.41) is 11.3. The van der Waals surface area contributed by atoms with Crippen molar-refractivity contribution in [3.63, 3.8) is 0 Å². The molecule has 0 spiro atoms. The maximum atomic E-state index is 11.6. The monoisotopic (exact) mass is 288 g/mol. The van der Waals surface area contributed by atoms with Crippen LogP contribution in [-0.4, -0.2) is 26.2 Å². The number of hydrogen-bond donors (Lipinski definition) is 1. The third-order valence-corrected chi connectivity index (χ3v) is 2.59. The molecule has 21 heavy (non-hydrogen) atoms. The van der Waals surface area contributed by atoms with Crippen molar-refractivity contribution in [1.82, 2.24) is 5.32 Å². The lowest BCUT2D eigenvalue weighted by Crippen LogP contribution is -2.25.